The second kappa shape index (κ2) is 8.11. The van der Waals surface area contributed by atoms with Crippen molar-refractivity contribution in [3.63, 3.8) is 0 Å². The molecule has 1 N–H and O–H groups in total. The molecule has 6 nitrogen and oxygen atoms in total. The summed E-state index contributed by atoms with van der Waals surface area (Å²) in [6.45, 7) is 3.60. The molecule has 1 saturated heterocycles. The maximum absolute atomic E-state index is 12.2. The van der Waals surface area contributed by atoms with Crippen molar-refractivity contribution in [3.05, 3.63) is 29.8 Å². The summed E-state index contributed by atoms with van der Waals surface area (Å²) >= 11 is 0. The van der Waals surface area contributed by atoms with Crippen LogP contribution >= 0.6 is 0 Å². The summed E-state index contributed by atoms with van der Waals surface area (Å²) in [4.78, 5) is 20.8. The highest BCUT2D eigenvalue weighted by Gasteiger charge is 2.45. The maximum atomic E-state index is 12.2. The Morgan fingerprint density at radius 1 is 1.32 bits per heavy atom. The molecule has 0 radical (unpaired) electrons. The monoisotopic (exact) mass is 384 g/mol. The van der Waals surface area contributed by atoms with Gasteiger partial charge in [0, 0.05) is 50.8 Å². The number of guanidine groups is 1. The summed E-state index contributed by atoms with van der Waals surface area (Å²) in [5.41, 5.74) is 2.93. The normalized spacial score (nSPS) is 23.3. The number of nitrogens with one attached hydrogen (secondary N) is 1. The quantitative estimate of drug-likeness (QED) is 0.640. The molecule has 2 fully saturated rings. The minimum Gasteiger partial charge on any atom is -0.381 e. The Hall–Kier alpha value is -2.08. The van der Waals surface area contributed by atoms with Crippen LogP contribution in [0.1, 0.15) is 37.7 Å². The van der Waals surface area contributed by atoms with Crippen molar-refractivity contribution >= 4 is 17.6 Å². The van der Waals surface area contributed by atoms with E-state index in [1.165, 1.54) is 36.9 Å². The molecule has 1 atom stereocenters. The lowest BCUT2D eigenvalue weighted by Gasteiger charge is -2.27. The number of benzene rings is 1. The summed E-state index contributed by atoms with van der Waals surface area (Å²) in [5, 5.41) is 3.57. The first-order valence-corrected chi connectivity index (χ1v) is 10.5. The largest absolute Gasteiger partial charge is 0.381 e. The van der Waals surface area contributed by atoms with Gasteiger partial charge in [0.05, 0.1) is 6.61 Å². The van der Waals surface area contributed by atoms with Crippen LogP contribution in [0.2, 0.25) is 0 Å². The van der Waals surface area contributed by atoms with Gasteiger partial charge in [-0.25, -0.2) is 4.99 Å². The molecule has 1 aliphatic carbocycles. The smallest absolute Gasteiger partial charge is 0.243 e. The third-order valence-corrected chi connectivity index (χ3v) is 6.48. The van der Waals surface area contributed by atoms with Crippen molar-refractivity contribution in [2.24, 2.45) is 10.9 Å². The molecule has 2 heterocycles. The van der Waals surface area contributed by atoms with Gasteiger partial charge in [-0.3, -0.25) is 4.79 Å². The molecule has 1 aromatic rings. The van der Waals surface area contributed by atoms with Crippen LogP contribution in [0.25, 0.3) is 0 Å². The summed E-state index contributed by atoms with van der Waals surface area (Å²) in [7, 11) is 3.55. The number of amides is 1. The number of aliphatic imine (C=N–C) groups is 1. The molecule has 1 spiro atoms. The van der Waals surface area contributed by atoms with Gasteiger partial charge in [0.2, 0.25) is 5.91 Å². The van der Waals surface area contributed by atoms with Crippen molar-refractivity contribution in [1.29, 1.82) is 0 Å². The van der Waals surface area contributed by atoms with Gasteiger partial charge in [0.25, 0.3) is 0 Å². The van der Waals surface area contributed by atoms with E-state index in [1.54, 1.807) is 19.0 Å². The van der Waals surface area contributed by atoms with E-state index in [0.29, 0.717) is 5.92 Å². The lowest BCUT2D eigenvalue weighted by molar-refractivity contribution is -0.127. The van der Waals surface area contributed by atoms with Crippen LogP contribution in [-0.2, 0) is 14.9 Å². The van der Waals surface area contributed by atoms with Gasteiger partial charge < -0.3 is 19.9 Å². The average molecular weight is 385 g/mol. The van der Waals surface area contributed by atoms with Crippen LogP contribution in [0.5, 0.6) is 0 Å². The number of carbonyl (C=O) groups is 1. The lowest BCUT2D eigenvalue weighted by atomic mass is 9.81. The summed E-state index contributed by atoms with van der Waals surface area (Å²) < 4.78 is 5.52. The Morgan fingerprint density at radius 3 is 2.82 bits per heavy atom. The van der Waals surface area contributed by atoms with E-state index < -0.39 is 0 Å². The summed E-state index contributed by atoms with van der Waals surface area (Å²) in [6.07, 6.45) is 6.14. The summed E-state index contributed by atoms with van der Waals surface area (Å²) in [6, 6.07) is 8.74. The highest BCUT2D eigenvalue weighted by atomic mass is 16.5. The number of fused-ring (bicyclic) bond motifs is 2. The Labute approximate surface area is 167 Å². The number of nitrogens with zero attached hydrogens (tertiary/aromatic N) is 3. The van der Waals surface area contributed by atoms with Crippen molar-refractivity contribution in [2.75, 3.05) is 51.8 Å². The first-order chi connectivity index (χ1) is 13.6. The fourth-order valence-corrected chi connectivity index (χ4v) is 4.80. The van der Waals surface area contributed by atoms with Crippen molar-refractivity contribution in [2.45, 2.75) is 37.5 Å². The Kier molecular flexibility index (Phi) is 5.58. The summed E-state index contributed by atoms with van der Waals surface area (Å²) in [5.74, 6) is 1.36. The third kappa shape index (κ3) is 3.75. The predicted molar refractivity (Wildman–Crippen MR) is 112 cm³/mol. The Bertz CT molecular complexity index is 734. The molecular weight excluding hydrogens is 352 g/mol. The van der Waals surface area contributed by atoms with E-state index in [1.807, 2.05) is 0 Å². The third-order valence-electron chi connectivity index (χ3n) is 6.48. The zero-order chi connectivity index (χ0) is 19.6. The topological polar surface area (TPSA) is 57.2 Å². The van der Waals surface area contributed by atoms with E-state index >= 15 is 0 Å². The first kappa shape index (κ1) is 19.2. The molecular formula is C22H32N4O2. The van der Waals surface area contributed by atoms with Crippen LogP contribution in [0.4, 0.5) is 5.69 Å². The zero-order valence-corrected chi connectivity index (χ0v) is 17.1. The molecule has 1 saturated carbocycles. The van der Waals surface area contributed by atoms with Gasteiger partial charge in [0.1, 0.15) is 6.54 Å². The van der Waals surface area contributed by atoms with Crippen LogP contribution in [0, 0.1) is 5.92 Å². The molecule has 3 aliphatic rings. The van der Waals surface area contributed by atoms with Gasteiger partial charge in [-0.1, -0.05) is 31.0 Å². The van der Waals surface area contributed by atoms with Crippen LogP contribution in [0.3, 0.4) is 0 Å². The molecule has 0 aromatic heterocycles. The van der Waals surface area contributed by atoms with Crippen LogP contribution < -0.4 is 10.2 Å². The van der Waals surface area contributed by atoms with Crippen LogP contribution in [0.15, 0.2) is 29.3 Å². The predicted octanol–water partition coefficient (Wildman–Crippen LogP) is 2.39. The van der Waals surface area contributed by atoms with Crippen LogP contribution in [-0.4, -0.2) is 63.7 Å². The molecule has 28 heavy (non-hydrogen) atoms. The zero-order valence-electron chi connectivity index (χ0n) is 17.1. The fraction of sp³-hybridized carbons (Fsp3) is 0.636. The second-order valence-electron chi connectivity index (χ2n) is 8.63. The average Bonchev–Trinajstić information content (AvgIpc) is 3.44. The van der Waals surface area contributed by atoms with Crippen molar-refractivity contribution < 1.29 is 9.53 Å². The number of likely N-dealkylation sites (N-methyl/N-ethyl adjacent to an activating group) is 1. The molecule has 1 amide bonds. The van der Waals surface area contributed by atoms with E-state index in [-0.39, 0.29) is 17.9 Å². The minimum absolute atomic E-state index is 0.0200. The molecule has 4 rings (SSSR count). The van der Waals surface area contributed by atoms with Gasteiger partial charge in [-0.05, 0) is 30.9 Å². The van der Waals surface area contributed by atoms with E-state index in [2.05, 4.69) is 34.5 Å². The SMILES string of the molecule is CN(C)C(=O)CN=C(NCC1CCOC1)N1CC2(CCCC2)c2ccccc21. The number of rotatable bonds is 4. The van der Waals surface area contributed by atoms with Gasteiger partial charge >= 0.3 is 0 Å². The second-order valence-corrected chi connectivity index (χ2v) is 8.63. The maximum Gasteiger partial charge on any atom is 0.243 e. The van der Waals surface area contributed by atoms with Crippen molar-refractivity contribution in [1.82, 2.24) is 10.2 Å². The fourth-order valence-electron chi connectivity index (χ4n) is 4.80. The molecule has 0 bridgehead atoms. The molecule has 1 unspecified atom stereocenters. The minimum atomic E-state index is 0.0200. The van der Waals surface area contributed by atoms with E-state index in [4.69, 9.17) is 9.73 Å². The Morgan fingerprint density at radius 2 is 2.11 bits per heavy atom. The highest BCUT2D eigenvalue weighted by molar-refractivity contribution is 5.99. The number of carbonyl (C=O) groups excluding carboxylic acids is 1. The number of ether oxygens (including phenoxy) is 1. The van der Waals surface area contributed by atoms with Crippen molar-refractivity contribution in [3.8, 4) is 0 Å². The number of anilines is 1. The van der Waals surface area contributed by atoms with Gasteiger partial charge in [0.15, 0.2) is 5.96 Å². The molecule has 1 aromatic carbocycles. The molecule has 2 aliphatic heterocycles. The molecule has 6 heteroatoms. The lowest BCUT2D eigenvalue weighted by Crippen LogP contribution is -2.45. The highest BCUT2D eigenvalue weighted by Crippen LogP contribution is 2.50. The van der Waals surface area contributed by atoms with E-state index in [9.17, 15) is 4.79 Å². The number of hydrogen-bond acceptors (Lipinski definition) is 3. The van der Waals surface area contributed by atoms with E-state index in [0.717, 1.165) is 38.7 Å². The standard InChI is InChI=1S/C22H32N4O2/c1-25(2)20(27)14-24-21(23-13-17-9-12-28-15-17)26-16-22(10-5-6-11-22)18-7-3-4-8-19(18)26/h3-4,7-8,17H,5-6,9-16H2,1-2H3,(H,23,24). The Balaban J connectivity index is 1.59. The first-order valence-electron chi connectivity index (χ1n) is 10.5. The van der Waals surface area contributed by atoms with Gasteiger partial charge in [-0.2, -0.15) is 0 Å². The molecule has 152 valence electrons. The van der Waals surface area contributed by atoms with Gasteiger partial charge in [-0.15, -0.1) is 0 Å². The number of hydrogen-bond donors (Lipinski definition) is 1. The number of para-hydroxylation sites is 1.